The normalized spacial score (nSPS) is 22.0. The SMILES string of the molecule is CCN1CCC(Nc2cc(N3CCN(C)C(=O)C3)ncn2)C1=O. The molecule has 0 saturated carbocycles. The third kappa shape index (κ3) is 3.20. The Bertz CT molecular complexity index is 607. The number of carbonyl (C=O) groups is 2. The van der Waals surface area contributed by atoms with E-state index in [2.05, 4.69) is 15.3 Å². The lowest BCUT2D eigenvalue weighted by molar-refractivity contribution is -0.129. The Hall–Kier alpha value is -2.38. The van der Waals surface area contributed by atoms with Crippen LogP contribution in [0.25, 0.3) is 0 Å². The summed E-state index contributed by atoms with van der Waals surface area (Å²) in [5, 5.41) is 3.19. The zero-order valence-corrected chi connectivity index (χ0v) is 13.5. The second-order valence-electron chi connectivity index (χ2n) is 5.90. The lowest BCUT2D eigenvalue weighted by Crippen LogP contribution is -2.48. The molecule has 0 aromatic carbocycles. The fourth-order valence-corrected chi connectivity index (χ4v) is 2.92. The molecule has 3 rings (SSSR count). The molecule has 8 heteroatoms. The number of likely N-dealkylation sites (tertiary alicyclic amines) is 1. The summed E-state index contributed by atoms with van der Waals surface area (Å²) in [6.45, 7) is 5.22. The van der Waals surface area contributed by atoms with Crippen LogP contribution in [0, 0.1) is 0 Å². The van der Waals surface area contributed by atoms with E-state index in [-0.39, 0.29) is 17.9 Å². The summed E-state index contributed by atoms with van der Waals surface area (Å²) in [4.78, 5) is 37.9. The molecule has 0 bridgehead atoms. The van der Waals surface area contributed by atoms with Crippen molar-refractivity contribution in [2.45, 2.75) is 19.4 Å². The van der Waals surface area contributed by atoms with Gasteiger partial charge in [-0.2, -0.15) is 0 Å². The number of hydrogen-bond acceptors (Lipinski definition) is 6. The van der Waals surface area contributed by atoms with Crippen molar-refractivity contribution >= 4 is 23.5 Å². The topological polar surface area (TPSA) is 81.7 Å². The van der Waals surface area contributed by atoms with Crippen LogP contribution in [0.1, 0.15) is 13.3 Å². The van der Waals surface area contributed by atoms with E-state index >= 15 is 0 Å². The van der Waals surface area contributed by atoms with E-state index in [4.69, 9.17) is 0 Å². The van der Waals surface area contributed by atoms with Crippen molar-refractivity contribution in [2.75, 3.05) is 50.0 Å². The second kappa shape index (κ2) is 6.39. The van der Waals surface area contributed by atoms with E-state index in [0.717, 1.165) is 26.1 Å². The van der Waals surface area contributed by atoms with Crippen LogP contribution in [0.5, 0.6) is 0 Å². The highest BCUT2D eigenvalue weighted by Crippen LogP contribution is 2.19. The number of nitrogens with one attached hydrogen (secondary N) is 1. The molecule has 2 aliphatic heterocycles. The fourth-order valence-electron chi connectivity index (χ4n) is 2.92. The number of piperazine rings is 1. The number of nitrogens with zero attached hydrogens (tertiary/aromatic N) is 5. The highest BCUT2D eigenvalue weighted by Gasteiger charge is 2.30. The van der Waals surface area contributed by atoms with Crippen molar-refractivity contribution in [3.05, 3.63) is 12.4 Å². The maximum Gasteiger partial charge on any atom is 0.245 e. The minimum absolute atomic E-state index is 0.0777. The minimum Gasteiger partial charge on any atom is -0.358 e. The summed E-state index contributed by atoms with van der Waals surface area (Å²) in [6, 6.07) is 1.58. The average Bonchev–Trinajstić information content (AvgIpc) is 2.90. The number of likely N-dealkylation sites (N-methyl/N-ethyl adjacent to an activating group) is 2. The van der Waals surface area contributed by atoms with Gasteiger partial charge in [0.1, 0.15) is 24.0 Å². The fraction of sp³-hybridized carbons (Fsp3) is 0.600. The Morgan fingerprint density at radius 1 is 1.26 bits per heavy atom. The number of aromatic nitrogens is 2. The van der Waals surface area contributed by atoms with Crippen molar-refractivity contribution in [3.8, 4) is 0 Å². The van der Waals surface area contributed by atoms with Crippen LogP contribution in [-0.4, -0.2) is 77.4 Å². The maximum atomic E-state index is 12.2. The lowest BCUT2D eigenvalue weighted by Gasteiger charge is -2.32. The van der Waals surface area contributed by atoms with Crippen LogP contribution in [0.3, 0.4) is 0 Å². The third-order valence-corrected chi connectivity index (χ3v) is 4.44. The summed E-state index contributed by atoms with van der Waals surface area (Å²) < 4.78 is 0. The molecule has 1 aromatic rings. The van der Waals surface area contributed by atoms with Gasteiger partial charge in [0.2, 0.25) is 11.8 Å². The molecular weight excluding hydrogens is 296 g/mol. The number of hydrogen-bond donors (Lipinski definition) is 1. The van der Waals surface area contributed by atoms with Crippen molar-refractivity contribution in [3.63, 3.8) is 0 Å². The standard InChI is InChI=1S/C15H22N6O2/c1-3-20-5-4-11(15(20)23)18-12-8-13(17-10-16-12)21-7-6-19(2)14(22)9-21/h8,10-11H,3-7,9H2,1-2H3,(H,16,17,18). The van der Waals surface area contributed by atoms with E-state index < -0.39 is 0 Å². The summed E-state index contributed by atoms with van der Waals surface area (Å²) in [5.41, 5.74) is 0. The largest absolute Gasteiger partial charge is 0.358 e. The maximum absolute atomic E-state index is 12.2. The molecule has 8 nitrogen and oxygen atoms in total. The summed E-state index contributed by atoms with van der Waals surface area (Å²) in [7, 11) is 1.80. The number of carbonyl (C=O) groups excluding carboxylic acids is 2. The van der Waals surface area contributed by atoms with E-state index in [1.165, 1.54) is 6.33 Å². The first-order valence-electron chi connectivity index (χ1n) is 7.94. The molecule has 3 heterocycles. The van der Waals surface area contributed by atoms with Gasteiger partial charge in [-0.25, -0.2) is 9.97 Å². The first-order valence-corrected chi connectivity index (χ1v) is 7.94. The molecule has 1 atom stereocenters. The van der Waals surface area contributed by atoms with Gasteiger partial charge in [0.15, 0.2) is 0 Å². The van der Waals surface area contributed by atoms with Crippen molar-refractivity contribution in [1.82, 2.24) is 19.8 Å². The Kier molecular flexibility index (Phi) is 4.31. The second-order valence-corrected chi connectivity index (χ2v) is 5.90. The number of amides is 2. The van der Waals surface area contributed by atoms with Gasteiger partial charge < -0.3 is 20.0 Å². The number of rotatable bonds is 4. The lowest BCUT2D eigenvalue weighted by atomic mass is 10.2. The van der Waals surface area contributed by atoms with Gasteiger partial charge in [0.05, 0.1) is 6.54 Å². The molecule has 2 fully saturated rings. The van der Waals surface area contributed by atoms with Gasteiger partial charge in [0, 0.05) is 39.3 Å². The van der Waals surface area contributed by atoms with Crippen LogP contribution >= 0.6 is 0 Å². The first-order chi connectivity index (χ1) is 11.1. The molecule has 1 unspecified atom stereocenters. The van der Waals surface area contributed by atoms with E-state index in [9.17, 15) is 9.59 Å². The van der Waals surface area contributed by atoms with Gasteiger partial charge in [-0.3, -0.25) is 9.59 Å². The molecule has 2 aliphatic rings. The smallest absolute Gasteiger partial charge is 0.245 e. The molecule has 2 amide bonds. The first kappa shape index (κ1) is 15.5. The van der Waals surface area contributed by atoms with Crippen molar-refractivity contribution < 1.29 is 9.59 Å². The van der Waals surface area contributed by atoms with Gasteiger partial charge in [0.25, 0.3) is 0 Å². The van der Waals surface area contributed by atoms with E-state index in [1.54, 1.807) is 18.0 Å². The highest BCUT2D eigenvalue weighted by molar-refractivity contribution is 5.86. The molecule has 23 heavy (non-hydrogen) atoms. The molecular formula is C15H22N6O2. The van der Waals surface area contributed by atoms with Crippen molar-refractivity contribution in [2.24, 2.45) is 0 Å². The van der Waals surface area contributed by atoms with E-state index in [0.29, 0.717) is 24.7 Å². The molecule has 124 valence electrons. The van der Waals surface area contributed by atoms with Crippen LogP contribution in [0.15, 0.2) is 12.4 Å². The Labute approximate surface area is 135 Å². The van der Waals surface area contributed by atoms with Crippen LogP contribution < -0.4 is 10.2 Å². The molecule has 1 N–H and O–H groups in total. The van der Waals surface area contributed by atoms with Gasteiger partial charge >= 0.3 is 0 Å². The van der Waals surface area contributed by atoms with E-state index in [1.807, 2.05) is 16.7 Å². The van der Waals surface area contributed by atoms with Crippen LogP contribution in [-0.2, 0) is 9.59 Å². The molecule has 2 saturated heterocycles. The summed E-state index contributed by atoms with van der Waals surface area (Å²) in [5.74, 6) is 1.52. The summed E-state index contributed by atoms with van der Waals surface area (Å²) >= 11 is 0. The Morgan fingerprint density at radius 2 is 2.09 bits per heavy atom. The molecule has 1 aromatic heterocycles. The van der Waals surface area contributed by atoms with Gasteiger partial charge in [-0.05, 0) is 13.3 Å². The average molecular weight is 318 g/mol. The highest BCUT2D eigenvalue weighted by atomic mass is 16.2. The summed E-state index contributed by atoms with van der Waals surface area (Å²) in [6.07, 6.45) is 2.25. The predicted octanol–water partition coefficient (Wildman–Crippen LogP) is -0.212. The zero-order chi connectivity index (χ0) is 16.4. The van der Waals surface area contributed by atoms with Crippen LogP contribution in [0.4, 0.5) is 11.6 Å². The minimum atomic E-state index is -0.230. The van der Waals surface area contributed by atoms with Gasteiger partial charge in [-0.15, -0.1) is 0 Å². The quantitative estimate of drug-likeness (QED) is 0.827. The Morgan fingerprint density at radius 3 is 2.78 bits per heavy atom. The molecule has 0 radical (unpaired) electrons. The predicted molar refractivity (Wildman–Crippen MR) is 86.2 cm³/mol. The van der Waals surface area contributed by atoms with Crippen molar-refractivity contribution in [1.29, 1.82) is 0 Å². The zero-order valence-electron chi connectivity index (χ0n) is 13.5. The van der Waals surface area contributed by atoms with Gasteiger partial charge in [-0.1, -0.05) is 0 Å². The monoisotopic (exact) mass is 318 g/mol. The third-order valence-electron chi connectivity index (χ3n) is 4.44. The molecule has 0 spiro atoms. The van der Waals surface area contributed by atoms with Crippen LogP contribution in [0.2, 0.25) is 0 Å². The number of anilines is 2. The molecule has 0 aliphatic carbocycles. The Balaban J connectivity index is 1.68.